The first-order chi connectivity index (χ1) is 13.4. The molecule has 3 aromatic rings. The average molecular weight is 401 g/mol. The molecule has 0 spiro atoms. The van der Waals surface area contributed by atoms with Crippen molar-refractivity contribution in [2.45, 2.75) is 6.92 Å². The molecule has 6 nitrogen and oxygen atoms in total. The lowest BCUT2D eigenvalue weighted by Crippen LogP contribution is -2.50. The van der Waals surface area contributed by atoms with Crippen LogP contribution in [0.5, 0.6) is 0 Å². The summed E-state index contributed by atoms with van der Waals surface area (Å²) >= 11 is 5.87. The molecule has 3 heterocycles. The van der Waals surface area contributed by atoms with Gasteiger partial charge in [0.1, 0.15) is 17.2 Å². The van der Waals surface area contributed by atoms with Crippen LogP contribution in [0, 0.1) is 5.82 Å². The minimum Gasteiger partial charge on any atom is -0.339 e. The number of imidazole rings is 1. The molecule has 28 heavy (non-hydrogen) atoms. The molecule has 1 aliphatic rings. The van der Waals surface area contributed by atoms with Crippen LogP contribution in [0.4, 0.5) is 4.39 Å². The molecule has 1 saturated heterocycles. The summed E-state index contributed by atoms with van der Waals surface area (Å²) in [6.45, 7) is 3.58. The topological polar surface area (TPSA) is 57.9 Å². The van der Waals surface area contributed by atoms with Crippen LogP contribution in [0.1, 0.15) is 17.4 Å². The lowest BCUT2D eigenvalue weighted by Gasteiger charge is -2.33. The number of halogens is 2. The number of benzene rings is 1. The number of piperazine rings is 1. The van der Waals surface area contributed by atoms with E-state index in [9.17, 15) is 14.0 Å². The fourth-order valence-corrected chi connectivity index (χ4v) is 3.51. The van der Waals surface area contributed by atoms with E-state index in [1.54, 1.807) is 38.6 Å². The molecule has 0 saturated carbocycles. The molecular weight excluding hydrogens is 383 g/mol. The van der Waals surface area contributed by atoms with E-state index in [2.05, 4.69) is 4.98 Å². The summed E-state index contributed by atoms with van der Waals surface area (Å²) in [5, 5.41) is 0.0591. The van der Waals surface area contributed by atoms with Gasteiger partial charge in [-0.25, -0.2) is 9.37 Å². The molecule has 1 aliphatic heterocycles. The van der Waals surface area contributed by atoms with Crippen molar-refractivity contribution >= 4 is 29.1 Å². The van der Waals surface area contributed by atoms with Crippen LogP contribution in [0.15, 0.2) is 42.7 Å². The van der Waals surface area contributed by atoms with Gasteiger partial charge in [-0.15, -0.1) is 0 Å². The van der Waals surface area contributed by atoms with Gasteiger partial charge in [-0.2, -0.15) is 0 Å². The normalized spacial score (nSPS) is 14.5. The zero-order valence-electron chi connectivity index (χ0n) is 15.2. The Labute approximate surface area is 166 Å². The molecule has 2 aromatic heterocycles. The van der Waals surface area contributed by atoms with E-state index in [0.717, 1.165) is 11.1 Å². The van der Waals surface area contributed by atoms with Gasteiger partial charge in [0.05, 0.1) is 5.02 Å². The van der Waals surface area contributed by atoms with Gasteiger partial charge in [0, 0.05) is 45.5 Å². The molecule has 144 valence electrons. The summed E-state index contributed by atoms with van der Waals surface area (Å²) in [4.78, 5) is 32.1. The van der Waals surface area contributed by atoms with Gasteiger partial charge in [-0.1, -0.05) is 17.7 Å². The molecule has 1 fully saturated rings. The monoisotopic (exact) mass is 400 g/mol. The van der Waals surface area contributed by atoms with Crippen molar-refractivity contribution < 1.29 is 14.0 Å². The smallest absolute Gasteiger partial charge is 0.274 e. The van der Waals surface area contributed by atoms with Crippen LogP contribution < -0.4 is 0 Å². The van der Waals surface area contributed by atoms with Gasteiger partial charge < -0.3 is 14.2 Å². The Morgan fingerprint density at radius 1 is 1.00 bits per heavy atom. The van der Waals surface area contributed by atoms with Gasteiger partial charge in [0.15, 0.2) is 0 Å². The summed E-state index contributed by atoms with van der Waals surface area (Å²) in [7, 11) is 0. The third-order valence-corrected chi connectivity index (χ3v) is 5.22. The van der Waals surface area contributed by atoms with Gasteiger partial charge in [-0.05, 0) is 35.4 Å². The van der Waals surface area contributed by atoms with Crippen molar-refractivity contribution in [1.82, 2.24) is 19.2 Å². The number of rotatable bonds is 2. The van der Waals surface area contributed by atoms with Crippen LogP contribution >= 0.6 is 11.6 Å². The number of hydrogen-bond acceptors (Lipinski definition) is 3. The first kappa shape index (κ1) is 18.4. The summed E-state index contributed by atoms with van der Waals surface area (Å²) in [5.41, 5.74) is 2.60. The van der Waals surface area contributed by atoms with Gasteiger partial charge in [0.25, 0.3) is 5.91 Å². The number of fused-ring (bicyclic) bond motifs is 1. The second-order valence-electron chi connectivity index (χ2n) is 6.74. The third kappa shape index (κ3) is 3.45. The Bertz CT molecular complexity index is 1070. The lowest BCUT2D eigenvalue weighted by molar-refractivity contribution is -0.130. The van der Waals surface area contributed by atoms with E-state index in [4.69, 9.17) is 11.6 Å². The maximum atomic E-state index is 13.4. The molecule has 0 aliphatic carbocycles. The summed E-state index contributed by atoms with van der Waals surface area (Å²) in [6, 6.07) is 8.20. The Morgan fingerprint density at radius 2 is 1.68 bits per heavy atom. The molecule has 2 amide bonds. The van der Waals surface area contributed by atoms with Gasteiger partial charge >= 0.3 is 0 Å². The fraction of sp³-hybridized carbons (Fsp3) is 0.250. The Balaban J connectivity index is 1.57. The van der Waals surface area contributed by atoms with Crippen LogP contribution in [0.25, 0.3) is 16.8 Å². The molecule has 0 bridgehead atoms. The Hall–Kier alpha value is -2.93. The van der Waals surface area contributed by atoms with E-state index in [1.807, 2.05) is 12.3 Å². The van der Waals surface area contributed by atoms with Crippen LogP contribution in [-0.2, 0) is 4.79 Å². The highest BCUT2D eigenvalue weighted by atomic mass is 35.5. The second-order valence-corrected chi connectivity index (χ2v) is 7.14. The highest BCUT2D eigenvalue weighted by molar-refractivity contribution is 6.31. The SMILES string of the molecule is CC(=O)N1CCN(C(=O)c2cn3cc(-c4ccc(F)c(Cl)c4)ccc3n2)CC1. The van der Waals surface area contributed by atoms with Crippen molar-refractivity contribution in [3.8, 4) is 11.1 Å². The zero-order chi connectivity index (χ0) is 19.8. The first-order valence-corrected chi connectivity index (χ1v) is 9.29. The summed E-state index contributed by atoms with van der Waals surface area (Å²) in [6.07, 6.45) is 3.51. The number of hydrogen-bond donors (Lipinski definition) is 0. The molecular formula is C20H18ClFN4O2. The number of carbonyl (C=O) groups is 2. The number of carbonyl (C=O) groups excluding carboxylic acids is 2. The van der Waals surface area contributed by atoms with Gasteiger partial charge in [-0.3, -0.25) is 9.59 Å². The van der Waals surface area contributed by atoms with E-state index in [0.29, 0.717) is 37.5 Å². The van der Waals surface area contributed by atoms with E-state index >= 15 is 0 Å². The van der Waals surface area contributed by atoms with Crippen molar-refractivity contribution in [3.63, 3.8) is 0 Å². The van der Waals surface area contributed by atoms with Crippen molar-refractivity contribution in [2.75, 3.05) is 26.2 Å². The van der Waals surface area contributed by atoms with Crippen molar-refractivity contribution in [3.05, 3.63) is 59.3 Å². The van der Waals surface area contributed by atoms with Crippen molar-refractivity contribution in [2.24, 2.45) is 0 Å². The van der Waals surface area contributed by atoms with Crippen LogP contribution in [0.2, 0.25) is 5.02 Å². The second kappa shape index (κ2) is 7.24. The summed E-state index contributed by atoms with van der Waals surface area (Å²) < 4.78 is 15.2. The molecule has 0 radical (unpaired) electrons. The standard InChI is InChI=1S/C20H18ClFN4O2/c1-13(27)24-6-8-25(9-7-24)20(28)18-12-26-11-15(3-5-19(26)23-18)14-2-4-17(22)16(21)10-14/h2-5,10-12H,6-9H2,1H3. The maximum Gasteiger partial charge on any atom is 0.274 e. The Kier molecular flexibility index (Phi) is 4.77. The van der Waals surface area contributed by atoms with Crippen LogP contribution in [0.3, 0.4) is 0 Å². The quantitative estimate of drug-likeness (QED) is 0.664. The molecule has 1 aromatic carbocycles. The highest BCUT2D eigenvalue weighted by Gasteiger charge is 2.24. The predicted molar refractivity (Wildman–Crippen MR) is 104 cm³/mol. The minimum absolute atomic E-state index is 0.0215. The number of nitrogens with zero attached hydrogens (tertiary/aromatic N) is 4. The van der Waals surface area contributed by atoms with Gasteiger partial charge in [0.2, 0.25) is 5.91 Å². The first-order valence-electron chi connectivity index (χ1n) is 8.91. The number of aromatic nitrogens is 2. The van der Waals surface area contributed by atoms with E-state index in [1.165, 1.54) is 13.0 Å². The van der Waals surface area contributed by atoms with E-state index in [-0.39, 0.29) is 16.8 Å². The molecule has 0 atom stereocenters. The number of pyridine rings is 1. The largest absolute Gasteiger partial charge is 0.339 e. The van der Waals surface area contributed by atoms with E-state index < -0.39 is 5.82 Å². The zero-order valence-corrected chi connectivity index (χ0v) is 16.0. The molecule has 4 rings (SSSR count). The molecule has 0 unspecified atom stereocenters. The molecule has 8 heteroatoms. The third-order valence-electron chi connectivity index (χ3n) is 4.94. The maximum absolute atomic E-state index is 13.4. The average Bonchev–Trinajstić information content (AvgIpc) is 3.13. The highest BCUT2D eigenvalue weighted by Crippen LogP contribution is 2.25. The number of amides is 2. The summed E-state index contributed by atoms with van der Waals surface area (Å²) in [5.74, 6) is -0.599. The minimum atomic E-state index is -0.466. The molecule has 0 N–H and O–H groups in total. The van der Waals surface area contributed by atoms with Crippen molar-refractivity contribution in [1.29, 1.82) is 0 Å². The predicted octanol–water partition coefficient (Wildman–Crippen LogP) is 3.10. The Morgan fingerprint density at radius 3 is 2.36 bits per heavy atom. The fourth-order valence-electron chi connectivity index (χ4n) is 3.33. The van der Waals surface area contributed by atoms with Crippen LogP contribution in [-0.4, -0.2) is 57.2 Å². The lowest BCUT2D eigenvalue weighted by atomic mass is 10.1.